The molecule has 0 aliphatic carbocycles. The van der Waals surface area contributed by atoms with Crippen molar-refractivity contribution in [2.45, 2.75) is 45.6 Å². The Morgan fingerprint density at radius 2 is 1.88 bits per heavy atom. The Morgan fingerprint density at radius 3 is 2.48 bits per heavy atom. The first-order valence-corrected chi connectivity index (χ1v) is 10.8. The molecular weight excluding hydrogens is 428 g/mol. The smallest absolute Gasteiger partial charge is 0.240 e. The molecule has 1 atom stereocenters. The van der Waals surface area contributed by atoms with Crippen LogP contribution < -0.4 is 15.5 Å². The van der Waals surface area contributed by atoms with Crippen molar-refractivity contribution in [1.29, 1.82) is 0 Å². The summed E-state index contributed by atoms with van der Waals surface area (Å²) >= 11 is 0. The van der Waals surface area contributed by atoms with E-state index in [1.165, 1.54) is 11.8 Å². The number of anilines is 2. The van der Waals surface area contributed by atoms with Gasteiger partial charge in [-0.05, 0) is 51.0 Å². The van der Waals surface area contributed by atoms with Crippen molar-refractivity contribution in [2.75, 3.05) is 29.9 Å². The number of ether oxygens (including phenoxy) is 1. The van der Waals surface area contributed by atoms with E-state index in [4.69, 9.17) is 9.26 Å². The number of aryl methyl sites for hydroxylation is 1. The van der Waals surface area contributed by atoms with Crippen LogP contribution in [0.2, 0.25) is 0 Å². The van der Waals surface area contributed by atoms with Gasteiger partial charge in [-0.25, -0.2) is 0 Å². The van der Waals surface area contributed by atoms with E-state index in [2.05, 4.69) is 15.8 Å². The number of hydrogen-bond donors (Lipinski definition) is 2. The van der Waals surface area contributed by atoms with Crippen LogP contribution in [-0.2, 0) is 19.1 Å². The fourth-order valence-corrected chi connectivity index (χ4v) is 3.42. The van der Waals surface area contributed by atoms with Crippen LogP contribution in [0.3, 0.4) is 0 Å². The number of rotatable bonds is 10. The number of nitrogens with zero attached hydrogens (tertiary/aromatic N) is 2. The molecule has 0 unspecified atom stereocenters. The topological polar surface area (TPSA) is 131 Å². The lowest BCUT2D eigenvalue weighted by atomic mass is 10.1. The summed E-state index contributed by atoms with van der Waals surface area (Å²) in [5, 5.41) is 9.05. The number of amides is 3. The summed E-state index contributed by atoms with van der Waals surface area (Å²) in [6.07, 6.45) is 1.62. The maximum Gasteiger partial charge on any atom is 0.240 e. The third kappa shape index (κ3) is 7.25. The Morgan fingerprint density at radius 1 is 1.12 bits per heavy atom. The van der Waals surface area contributed by atoms with E-state index in [9.17, 15) is 19.2 Å². The highest BCUT2D eigenvalue weighted by molar-refractivity contribution is 6.01. The summed E-state index contributed by atoms with van der Waals surface area (Å²) in [5.41, 5.74) is 0.959. The highest BCUT2D eigenvalue weighted by Crippen LogP contribution is 2.18. The molecule has 1 fully saturated rings. The van der Waals surface area contributed by atoms with Crippen LogP contribution in [-0.4, -0.2) is 54.5 Å². The van der Waals surface area contributed by atoms with Crippen LogP contribution >= 0.6 is 0 Å². The van der Waals surface area contributed by atoms with Gasteiger partial charge in [0.25, 0.3) is 0 Å². The van der Waals surface area contributed by atoms with Crippen molar-refractivity contribution in [3.63, 3.8) is 0 Å². The monoisotopic (exact) mass is 456 g/mol. The number of ketones is 1. The first-order valence-electron chi connectivity index (χ1n) is 10.8. The Hall–Kier alpha value is -3.53. The molecule has 2 heterocycles. The normalized spacial score (nSPS) is 15.2. The second-order valence-electron chi connectivity index (χ2n) is 7.89. The van der Waals surface area contributed by atoms with E-state index in [1.807, 2.05) is 0 Å². The molecule has 2 N–H and O–H groups in total. The molecule has 176 valence electrons. The van der Waals surface area contributed by atoms with Gasteiger partial charge in [0.1, 0.15) is 12.3 Å². The SMILES string of the molecule is CC(=O)c1ccc(N(CC(=O)NC[C@H]2CCCO2)C(=O)CCC(=O)Nc2cc(C)on2)cc1. The summed E-state index contributed by atoms with van der Waals surface area (Å²) in [7, 11) is 0. The maximum absolute atomic E-state index is 13.0. The predicted octanol–water partition coefficient (Wildman–Crippen LogP) is 2.23. The second-order valence-corrected chi connectivity index (χ2v) is 7.89. The zero-order chi connectivity index (χ0) is 23.8. The molecule has 0 bridgehead atoms. The van der Waals surface area contributed by atoms with Crippen LogP contribution in [0.15, 0.2) is 34.9 Å². The van der Waals surface area contributed by atoms with Gasteiger partial charge in [-0.2, -0.15) is 0 Å². The first-order chi connectivity index (χ1) is 15.8. The molecule has 3 rings (SSSR count). The van der Waals surface area contributed by atoms with Crippen molar-refractivity contribution in [1.82, 2.24) is 10.5 Å². The van der Waals surface area contributed by atoms with Crippen molar-refractivity contribution in [2.24, 2.45) is 0 Å². The third-order valence-corrected chi connectivity index (χ3v) is 5.20. The fourth-order valence-electron chi connectivity index (χ4n) is 3.42. The molecule has 1 aliphatic heterocycles. The lowest BCUT2D eigenvalue weighted by molar-refractivity contribution is -0.125. The van der Waals surface area contributed by atoms with Gasteiger partial charge < -0.3 is 24.8 Å². The zero-order valence-corrected chi connectivity index (χ0v) is 18.8. The van der Waals surface area contributed by atoms with Gasteiger partial charge in [0, 0.05) is 43.3 Å². The molecular formula is C23H28N4O6. The summed E-state index contributed by atoms with van der Waals surface area (Å²) in [6, 6.07) is 7.99. The summed E-state index contributed by atoms with van der Waals surface area (Å²) in [5.74, 6) is -0.410. The highest BCUT2D eigenvalue weighted by atomic mass is 16.5. The van der Waals surface area contributed by atoms with E-state index in [0.717, 1.165) is 12.8 Å². The molecule has 0 radical (unpaired) electrons. The number of Topliss-reactive ketones (excluding diaryl/α,β-unsaturated/α-hetero) is 1. The van der Waals surface area contributed by atoms with Crippen molar-refractivity contribution < 1.29 is 28.4 Å². The Bertz CT molecular complexity index is 995. The van der Waals surface area contributed by atoms with Gasteiger partial charge in [-0.15, -0.1) is 0 Å². The minimum atomic E-state index is -0.399. The van der Waals surface area contributed by atoms with Crippen LogP contribution in [0.1, 0.15) is 48.7 Å². The Labute approximate surface area is 191 Å². The first kappa shape index (κ1) is 24.1. The van der Waals surface area contributed by atoms with E-state index < -0.39 is 11.8 Å². The van der Waals surface area contributed by atoms with Crippen LogP contribution in [0, 0.1) is 6.92 Å². The summed E-state index contributed by atoms with van der Waals surface area (Å²) in [6.45, 7) is 4.00. The minimum Gasteiger partial charge on any atom is -0.376 e. The van der Waals surface area contributed by atoms with Crippen molar-refractivity contribution in [3.05, 3.63) is 41.7 Å². The lowest BCUT2D eigenvalue weighted by Crippen LogP contribution is -2.43. The molecule has 0 saturated carbocycles. The van der Waals surface area contributed by atoms with E-state index in [1.54, 1.807) is 37.3 Å². The van der Waals surface area contributed by atoms with E-state index in [-0.39, 0.29) is 43.0 Å². The largest absolute Gasteiger partial charge is 0.376 e. The molecule has 0 spiro atoms. The van der Waals surface area contributed by atoms with Crippen LogP contribution in [0.4, 0.5) is 11.5 Å². The number of nitrogens with one attached hydrogen (secondary N) is 2. The number of aromatic nitrogens is 1. The number of carbonyl (C=O) groups is 4. The van der Waals surface area contributed by atoms with Gasteiger partial charge >= 0.3 is 0 Å². The molecule has 1 aromatic heterocycles. The van der Waals surface area contributed by atoms with Crippen molar-refractivity contribution in [3.8, 4) is 0 Å². The highest BCUT2D eigenvalue weighted by Gasteiger charge is 2.22. The molecule has 10 nitrogen and oxygen atoms in total. The summed E-state index contributed by atoms with van der Waals surface area (Å²) < 4.78 is 10.4. The molecule has 10 heteroatoms. The molecule has 3 amide bonds. The quantitative estimate of drug-likeness (QED) is 0.524. The van der Waals surface area contributed by atoms with Gasteiger partial charge in [0.15, 0.2) is 11.6 Å². The van der Waals surface area contributed by atoms with Crippen molar-refractivity contribution >= 4 is 35.0 Å². The van der Waals surface area contributed by atoms with Gasteiger partial charge in [0.05, 0.1) is 6.10 Å². The maximum atomic E-state index is 13.0. The van der Waals surface area contributed by atoms with Gasteiger partial charge in [-0.3, -0.25) is 19.2 Å². The van der Waals surface area contributed by atoms with Crippen LogP contribution in [0.25, 0.3) is 0 Å². The molecule has 1 aliphatic rings. The predicted molar refractivity (Wildman–Crippen MR) is 120 cm³/mol. The van der Waals surface area contributed by atoms with E-state index >= 15 is 0 Å². The average Bonchev–Trinajstić information content (AvgIpc) is 3.46. The summed E-state index contributed by atoms with van der Waals surface area (Å²) in [4.78, 5) is 50.5. The zero-order valence-electron chi connectivity index (χ0n) is 18.8. The number of benzene rings is 1. The third-order valence-electron chi connectivity index (χ3n) is 5.20. The molecule has 1 aromatic carbocycles. The molecule has 33 heavy (non-hydrogen) atoms. The average molecular weight is 456 g/mol. The van der Waals surface area contributed by atoms with Gasteiger partial charge in [0.2, 0.25) is 17.7 Å². The van der Waals surface area contributed by atoms with Gasteiger partial charge in [-0.1, -0.05) is 5.16 Å². The Kier molecular flexibility index (Phi) is 8.31. The number of hydrogen-bond acceptors (Lipinski definition) is 7. The number of carbonyl (C=O) groups excluding carboxylic acids is 4. The molecule has 1 saturated heterocycles. The van der Waals surface area contributed by atoms with Crippen LogP contribution in [0.5, 0.6) is 0 Å². The van der Waals surface area contributed by atoms with E-state index in [0.29, 0.717) is 30.2 Å². The second kappa shape index (κ2) is 11.4. The fraction of sp³-hybridized carbons (Fsp3) is 0.435. The lowest BCUT2D eigenvalue weighted by Gasteiger charge is -2.23. The molecule has 2 aromatic rings. The standard InChI is InChI=1S/C23H28N4O6/c1-15-12-20(26-33-15)25-21(29)9-10-23(31)27(18-7-5-17(6-8-18)16(2)28)14-22(30)24-13-19-4-3-11-32-19/h5-8,12,19H,3-4,9-11,13-14H2,1-2H3,(H,24,30)(H,25,26,29)/t19-/m1/s1. The minimum absolute atomic E-state index is 0.0168. The Balaban J connectivity index is 1.62.